The topological polar surface area (TPSA) is 38.0 Å². The molecule has 0 bridgehead atoms. The number of aryl methyl sites for hydroxylation is 1. The number of nitrogen functional groups attached to an aromatic ring is 1. The summed E-state index contributed by atoms with van der Waals surface area (Å²) >= 11 is 5.55. The molecule has 3 N–H and O–H groups in total. The van der Waals surface area contributed by atoms with Gasteiger partial charge in [-0.15, -0.1) is 0 Å². The molecule has 1 aliphatic rings. The molecule has 4 heteroatoms. The number of nitrogens with one attached hydrogen (secondary N) is 1. The van der Waals surface area contributed by atoms with E-state index < -0.39 is 0 Å². The molecule has 0 radical (unpaired) electrons. The highest BCUT2D eigenvalue weighted by Crippen LogP contribution is 2.34. The molecule has 2 atom stereocenters. The minimum Gasteiger partial charge on any atom is -0.398 e. The third kappa shape index (κ3) is 2.91. The van der Waals surface area contributed by atoms with Crippen LogP contribution in [0.25, 0.3) is 0 Å². The average Bonchev–Trinajstić information content (AvgIpc) is 2.73. The van der Waals surface area contributed by atoms with Crippen LogP contribution in [0.3, 0.4) is 0 Å². The zero-order valence-corrected chi connectivity index (χ0v) is 12.7. The van der Waals surface area contributed by atoms with Crippen LogP contribution in [0.5, 0.6) is 0 Å². The molecule has 0 heterocycles. The Labute approximate surface area is 116 Å². The van der Waals surface area contributed by atoms with Crippen molar-refractivity contribution in [3.8, 4) is 0 Å². The second kappa shape index (κ2) is 5.53. The summed E-state index contributed by atoms with van der Waals surface area (Å²) in [5, 5.41) is 4.39. The summed E-state index contributed by atoms with van der Waals surface area (Å²) in [5.41, 5.74) is 9.03. The lowest BCUT2D eigenvalue weighted by molar-refractivity contribution is 0.768. The van der Waals surface area contributed by atoms with Crippen molar-refractivity contribution in [2.45, 2.75) is 37.5 Å². The van der Waals surface area contributed by atoms with Gasteiger partial charge in [0.05, 0.1) is 0 Å². The summed E-state index contributed by atoms with van der Waals surface area (Å²) < 4.78 is 1.06. The molecule has 0 aliphatic heterocycles. The molecular weight excluding hydrogens is 296 g/mol. The normalized spacial score (nSPS) is 23.9. The van der Waals surface area contributed by atoms with Gasteiger partial charge < -0.3 is 11.1 Å². The molecule has 0 aromatic heterocycles. The van der Waals surface area contributed by atoms with E-state index in [0.29, 0.717) is 6.04 Å². The van der Waals surface area contributed by atoms with Gasteiger partial charge in [-0.05, 0) is 59.6 Å². The molecule has 1 aromatic rings. The summed E-state index contributed by atoms with van der Waals surface area (Å²) in [4.78, 5) is 0. The Morgan fingerprint density at radius 3 is 2.88 bits per heavy atom. The first-order chi connectivity index (χ1) is 8.11. The smallest absolute Gasteiger partial charge is 0.0491 e. The van der Waals surface area contributed by atoms with E-state index >= 15 is 0 Å². The highest BCUT2D eigenvalue weighted by molar-refractivity contribution is 9.10. The van der Waals surface area contributed by atoms with Crippen LogP contribution in [0.4, 0.5) is 11.4 Å². The van der Waals surface area contributed by atoms with Crippen LogP contribution in [0.2, 0.25) is 0 Å². The van der Waals surface area contributed by atoms with Crippen molar-refractivity contribution in [1.29, 1.82) is 0 Å². The summed E-state index contributed by atoms with van der Waals surface area (Å²) in [5.74, 6) is 0. The Kier molecular flexibility index (Phi) is 4.26. The molecule has 1 aromatic carbocycles. The van der Waals surface area contributed by atoms with Gasteiger partial charge in [0.2, 0.25) is 0 Å². The van der Waals surface area contributed by atoms with Gasteiger partial charge in [-0.3, -0.25) is 0 Å². The Bertz CT molecular complexity index is 409. The van der Waals surface area contributed by atoms with E-state index in [1.807, 2.05) is 24.8 Å². The van der Waals surface area contributed by atoms with Gasteiger partial charge in [0.25, 0.3) is 0 Å². The number of nitrogens with two attached hydrogens (primary N) is 1. The Morgan fingerprint density at radius 1 is 1.41 bits per heavy atom. The van der Waals surface area contributed by atoms with Crippen molar-refractivity contribution in [3.63, 3.8) is 0 Å². The number of hydrogen-bond donors (Lipinski definition) is 2. The third-order valence-corrected chi connectivity index (χ3v) is 5.28. The quantitative estimate of drug-likeness (QED) is 0.827. The first-order valence-corrected chi connectivity index (χ1v) is 8.05. The van der Waals surface area contributed by atoms with E-state index in [2.05, 4.69) is 33.6 Å². The zero-order valence-electron chi connectivity index (χ0n) is 10.3. The number of halogens is 1. The van der Waals surface area contributed by atoms with Gasteiger partial charge in [0.1, 0.15) is 0 Å². The van der Waals surface area contributed by atoms with Crippen molar-refractivity contribution in [2.24, 2.45) is 0 Å². The van der Waals surface area contributed by atoms with Crippen LogP contribution in [0.1, 0.15) is 24.8 Å². The van der Waals surface area contributed by atoms with Crippen LogP contribution < -0.4 is 11.1 Å². The molecule has 1 aliphatic carbocycles. The standard InChI is InChI=1S/C13H19BrN2S/c1-8-6-12(9(14)7-10(8)15)16-11-4-3-5-13(11)17-2/h6-7,11,13,16H,3-5,15H2,1-2H3. The van der Waals surface area contributed by atoms with Crippen LogP contribution >= 0.6 is 27.7 Å². The van der Waals surface area contributed by atoms with Crippen molar-refractivity contribution in [3.05, 3.63) is 22.2 Å². The molecule has 0 amide bonds. The predicted octanol–water partition coefficient (Wildman–Crippen LogP) is 4.04. The first-order valence-electron chi connectivity index (χ1n) is 5.96. The number of hydrogen-bond acceptors (Lipinski definition) is 3. The lowest BCUT2D eigenvalue weighted by atomic mass is 10.1. The SMILES string of the molecule is CSC1CCCC1Nc1cc(C)c(N)cc1Br. The van der Waals surface area contributed by atoms with Crippen LogP contribution in [-0.2, 0) is 0 Å². The van der Waals surface area contributed by atoms with Crippen molar-refractivity contribution >= 4 is 39.1 Å². The largest absolute Gasteiger partial charge is 0.398 e. The lowest BCUT2D eigenvalue weighted by Gasteiger charge is -2.22. The lowest BCUT2D eigenvalue weighted by Crippen LogP contribution is -2.25. The summed E-state index contributed by atoms with van der Waals surface area (Å²) in [6.45, 7) is 2.05. The maximum atomic E-state index is 5.89. The van der Waals surface area contributed by atoms with Gasteiger partial charge in [-0.1, -0.05) is 6.42 Å². The van der Waals surface area contributed by atoms with Crippen LogP contribution in [0.15, 0.2) is 16.6 Å². The van der Waals surface area contributed by atoms with Crippen LogP contribution in [0, 0.1) is 6.92 Å². The minimum atomic E-state index is 0.587. The highest BCUT2D eigenvalue weighted by Gasteiger charge is 2.26. The van der Waals surface area contributed by atoms with E-state index in [-0.39, 0.29) is 0 Å². The average molecular weight is 315 g/mol. The Balaban J connectivity index is 2.15. The Hall–Kier alpha value is -0.350. The van der Waals surface area contributed by atoms with E-state index in [0.717, 1.165) is 21.0 Å². The highest BCUT2D eigenvalue weighted by atomic mass is 79.9. The number of thioether (sulfide) groups is 1. The first kappa shape index (κ1) is 13.1. The van der Waals surface area contributed by atoms with Gasteiger partial charge >= 0.3 is 0 Å². The predicted molar refractivity (Wildman–Crippen MR) is 81.9 cm³/mol. The van der Waals surface area contributed by atoms with E-state index in [1.54, 1.807) is 0 Å². The second-order valence-corrected chi connectivity index (χ2v) is 6.58. The molecule has 2 nitrogen and oxygen atoms in total. The number of anilines is 2. The molecule has 1 saturated carbocycles. The van der Waals surface area contributed by atoms with Crippen LogP contribution in [-0.4, -0.2) is 17.5 Å². The molecule has 17 heavy (non-hydrogen) atoms. The molecule has 2 unspecified atom stereocenters. The second-order valence-electron chi connectivity index (χ2n) is 4.64. The summed E-state index contributed by atoms with van der Waals surface area (Å²) in [6.07, 6.45) is 6.12. The van der Waals surface area contributed by atoms with Gasteiger partial charge in [0, 0.05) is 27.1 Å². The summed E-state index contributed by atoms with van der Waals surface area (Å²) in [6, 6.07) is 4.71. The van der Waals surface area contributed by atoms with E-state index in [9.17, 15) is 0 Å². The number of rotatable bonds is 3. The van der Waals surface area contributed by atoms with Gasteiger partial charge in [-0.25, -0.2) is 0 Å². The molecule has 0 saturated heterocycles. The minimum absolute atomic E-state index is 0.587. The molecular formula is C13H19BrN2S. The van der Waals surface area contributed by atoms with Gasteiger partial charge in [-0.2, -0.15) is 11.8 Å². The number of benzene rings is 1. The van der Waals surface area contributed by atoms with Crippen molar-refractivity contribution in [2.75, 3.05) is 17.3 Å². The fraction of sp³-hybridized carbons (Fsp3) is 0.538. The fourth-order valence-corrected chi connectivity index (χ4v) is 3.79. The third-order valence-electron chi connectivity index (χ3n) is 3.45. The maximum Gasteiger partial charge on any atom is 0.0491 e. The van der Waals surface area contributed by atoms with Crippen molar-refractivity contribution in [1.82, 2.24) is 0 Å². The molecule has 94 valence electrons. The van der Waals surface area contributed by atoms with Crippen molar-refractivity contribution < 1.29 is 0 Å². The molecule has 2 rings (SSSR count). The monoisotopic (exact) mass is 314 g/mol. The zero-order chi connectivity index (χ0) is 12.4. The summed E-state index contributed by atoms with van der Waals surface area (Å²) in [7, 11) is 0. The fourth-order valence-electron chi connectivity index (χ4n) is 2.38. The van der Waals surface area contributed by atoms with E-state index in [4.69, 9.17) is 5.73 Å². The Morgan fingerprint density at radius 2 is 2.18 bits per heavy atom. The van der Waals surface area contributed by atoms with Gasteiger partial charge in [0.15, 0.2) is 0 Å². The van der Waals surface area contributed by atoms with E-state index in [1.165, 1.54) is 24.9 Å². The molecule has 1 fully saturated rings. The maximum absolute atomic E-state index is 5.89. The molecule has 0 spiro atoms.